The summed E-state index contributed by atoms with van der Waals surface area (Å²) in [6, 6.07) is 24.8. The summed E-state index contributed by atoms with van der Waals surface area (Å²) in [6.45, 7) is 0.0879. The quantitative estimate of drug-likeness (QED) is 0.254. The molecule has 0 amide bonds. The predicted octanol–water partition coefficient (Wildman–Crippen LogP) is 4.35. The van der Waals surface area contributed by atoms with Gasteiger partial charge >= 0.3 is 0 Å². The zero-order valence-electron chi connectivity index (χ0n) is 18.6. The molecule has 0 unspecified atom stereocenters. The van der Waals surface area contributed by atoms with Crippen LogP contribution >= 0.6 is 11.6 Å². The lowest BCUT2D eigenvalue weighted by Crippen LogP contribution is -2.36. The van der Waals surface area contributed by atoms with Crippen molar-refractivity contribution in [1.29, 1.82) is 0 Å². The number of nitrogens with one attached hydrogen (secondary N) is 1. The predicted molar refractivity (Wildman–Crippen MR) is 138 cm³/mol. The molecule has 3 aromatic carbocycles. The summed E-state index contributed by atoms with van der Waals surface area (Å²) in [7, 11) is -3.82. The first-order chi connectivity index (χ1) is 16.9. The second-order valence-corrected chi connectivity index (χ2v) is 9.84. The first kappa shape index (κ1) is 24.4. The number of guanidine groups is 1. The molecule has 0 fully saturated rings. The van der Waals surface area contributed by atoms with Gasteiger partial charge in [-0.15, -0.1) is 0 Å². The smallest absolute Gasteiger partial charge is 0.264 e. The van der Waals surface area contributed by atoms with Gasteiger partial charge < -0.3 is 10.8 Å². The maximum atomic E-state index is 12.5. The van der Waals surface area contributed by atoms with Gasteiger partial charge in [-0.3, -0.25) is 4.98 Å². The molecule has 0 aliphatic rings. The molecule has 0 aliphatic carbocycles. The summed E-state index contributed by atoms with van der Waals surface area (Å²) in [6.07, 6.45) is 1.68. The average molecular weight is 507 g/mol. The van der Waals surface area contributed by atoms with Crippen molar-refractivity contribution in [2.75, 3.05) is 0 Å². The van der Waals surface area contributed by atoms with Gasteiger partial charge in [0.2, 0.25) is 5.96 Å². The molecule has 7 nitrogen and oxygen atoms in total. The maximum Gasteiger partial charge on any atom is 0.264 e. The van der Waals surface area contributed by atoms with Crippen LogP contribution in [-0.4, -0.2) is 24.5 Å². The van der Waals surface area contributed by atoms with Crippen LogP contribution in [0.2, 0.25) is 5.02 Å². The maximum absolute atomic E-state index is 12.5. The van der Waals surface area contributed by atoms with Crippen LogP contribution in [0, 0.1) is 0 Å². The minimum Gasteiger partial charge on any atom is -0.392 e. The topological polar surface area (TPSA) is 118 Å². The Hall–Kier alpha value is -3.72. The number of nitrogens with two attached hydrogens (primary N) is 1. The van der Waals surface area contributed by atoms with Crippen molar-refractivity contribution in [1.82, 2.24) is 9.71 Å². The zero-order valence-corrected chi connectivity index (χ0v) is 20.2. The number of hydrogen-bond donors (Lipinski definition) is 3. The van der Waals surface area contributed by atoms with E-state index in [4.69, 9.17) is 17.3 Å². The molecular weight excluding hydrogens is 484 g/mol. The van der Waals surface area contributed by atoms with Gasteiger partial charge in [0.15, 0.2) is 0 Å². The molecule has 0 saturated carbocycles. The van der Waals surface area contributed by atoms with Crippen LogP contribution < -0.4 is 10.5 Å². The van der Waals surface area contributed by atoms with Crippen LogP contribution in [-0.2, 0) is 23.2 Å². The summed E-state index contributed by atoms with van der Waals surface area (Å²) in [5.41, 5.74) is 10.8. The van der Waals surface area contributed by atoms with Crippen LogP contribution in [0.1, 0.15) is 11.1 Å². The minimum atomic E-state index is -3.82. The van der Waals surface area contributed by atoms with E-state index in [0.717, 1.165) is 33.5 Å². The summed E-state index contributed by atoms with van der Waals surface area (Å²) >= 11 is 6.08. The molecular formula is C26H23ClN4O3S. The van der Waals surface area contributed by atoms with E-state index in [1.165, 1.54) is 12.1 Å². The molecule has 0 radical (unpaired) electrons. The molecule has 0 spiro atoms. The fourth-order valence-corrected chi connectivity index (χ4v) is 4.55. The first-order valence-corrected chi connectivity index (χ1v) is 12.5. The number of aliphatic hydroxyl groups is 1. The Morgan fingerprint density at radius 3 is 2.26 bits per heavy atom. The van der Waals surface area contributed by atoms with Gasteiger partial charge in [-0.2, -0.15) is 0 Å². The van der Waals surface area contributed by atoms with Crippen LogP contribution in [0.3, 0.4) is 0 Å². The van der Waals surface area contributed by atoms with Gasteiger partial charge in [0.05, 0.1) is 23.7 Å². The molecule has 0 aliphatic heterocycles. The number of benzene rings is 3. The van der Waals surface area contributed by atoms with Gasteiger partial charge in [-0.25, -0.2) is 18.1 Å². The Kier molecular flexibility index (Phi) is 7.45. The molecule has 178 valence electrons. The molecule has 9 heteroatoms. The molecule has 0 saturated heterocycles. The molecule has 4 aromatic rings. The van der Waals surface area contributed by atoms with E-state index < -0.39 is 10.0 Å². The Morgan fingerprint density at radius 1 is 0.943 bits per heavy atom. The summed E-state index contributed by atoms with van der Waals surface area (Å²) in [5, 5.41) is 9.96. The highest BCUT2D eigenvalue weighted by molar-refractivity contribution is 7.90. The number of sulfonamides is 1. The number of aliphatic hydroxyl groups excluding tert-OH is 1. The third kappa shape index (κ3) is 6.05. The van der Waals surface area contributed by atoms with E-state index in [-0.39, 0.29) is 24.0 Å². The summed E-state index contributed by atoms with van der Waals surface area (Å²) in [4.78, 5) is 8.95. The van der Waals surface area contributed by atoms with Gasteiger partial charge in [-0.05, 0) is 47.0 Å². The fraction of sp³-hybridized carbons (Fsp3) is 0.0769. The molecule has 0 atom stereocenters. The minimum absolute atomic E-state index is 0.0376. The lowest BCUT2D eigenvalue weighted by Gasteiger charge is -2.12. The second-order valence-electron chi connectivity index (χ2n) is 7.72. The standard InChI is InChI=1S/C26H23ClN4O3S/c27-22-12-10-20(11-13-22)24-14-19(15-29-25(24)21-8-6-18(17-32)7-9-21)16-30-26(28)31-35(33,34)23-4-2-1-3-5-23/h1-15,32H,16-17H2,(H3,28,30,31). The number of pyridine rings is 1. The van der Waals surface area contributed by atoms with E-state index in [1.807, 2.05) is 42.5 Å². The van der Waals surface area contributed by atoms with Crippen molar-refractivity contribution in [3.63, 3.8) is 0 Å². The van der Waals surface area contributed by atoms with Gasteiger partial charge in [0.1, 0.15) is 0 Å². The van der Waals surface area contributed by atoms with Crippen LogP contribution in [0.4, 0.5) is 0 Å². The number of halogens is 1. The largest absolute Gasteiger partial charge is 0.392 e. The number of aromatic nitrogens is 1. The normalized spacial score (nSPS) is 11.9. The van der Waals surface area contributed by atoms with Crippen LogP contribution in [0.15, 0.2) is 101 Å². The van der Waals surface area contributed by atoms with Crippen molar-refractivity contribution >= 4 is 27.6 Å². The van der Waals surface area contributed by atoms with Crippen molar-refractivity contribution in [3.8, 4) is 22.4 Å². The second kappa shape index (κ2) is 10.7. The highest BCUT2D eigenvalue weighted by Gasteiger charge is 2.15. The zero-order chi connectivity index (χ0) is 24.8. The molecule has 0 bridgehead atoms. The highest BCUT2D eigenvalue weighted by Crippen LogP contribution is 2.32. The number of hydrogen-bond acceptors (Lipinski definition) is 5. The van der Waals surface area contributed by atoms with Crippen LogP contribution in [0.5, 0.6) is 0 Å². The Morgan fingerprint density at radius 2 is 1.60 bits per heavy atom. The van der Waals surface area contributed by atoms with Crippen molar-refractivity contribution in [2.24, 2.45) is 10.7 Å². The lowest BCUT2D eigenvalue weighted by atomic mass is 9.97. The van der Waals surface area contributed by atoms with E-state index in [0.29, 0.717) is 5.02 Å². The van der Waals surface area contributed by atoms with Crippen molar-refractivity contribution in [2.45, 2.75) is 18.0 Å². The van der Waals surface area contributed by atoms with Gasteiger partial charge in [0.25, 0.3) is 10.0 Å². The summed E-state index contributed by atoms with van der Waals surface area (Å²) < 4.78 is 27.2. The first-order valence-electron chi connectivity index (χ1n) is 10.7. The molecule has 35 heavy (non-hydrogen) atoms. The van der Waals surface area contributed by atoms with E-state index in [1.54, 1.807) is 36.5 Å². The van der Waals surface area contributed by atoms with Crippen molar-refractivity contribution in [3.05, 3.63) is 107 Å². The monoisotopic (exact) mass is 506 g/mol. The average Bonchev–Trinajstić information content (AvgIpc) is 2.88. The Labute approximate surface area is 209 Å². The third-order valence-electron chi connectivity index (χ3n) is 5.23. The fourth-order valence-electron chi connectivity index (χ4n) is 3.45. The van der Waals surface area contributed by atoms with Gasteiger partial charge in [0, 0.05) is 22.3 Å². The van der Waals surface area contributed by atoms with E-state index in [2.05, 4.69) is 14.7 Å². The lowest BCUT2D eigenvalue weighted by molar-refractivity contribution is 0.282. The van der Waals surface area contributed by atoms with E-state index >= 15 is 0 Å². The number of aliphatic imine (C=N–C) groups is 1. The molecule has 1 aromatic heterocycles. The van der Waals surface area contributed by atoms with Gasteiger partial charge in [-0.1, -0.05) is 66.2 Å². The Balaban J connectivity index is 1.63. The number of nitrogens with zero attached hydrogens (tertiary/aromatic N) is 2. The van der Waals surface area contributed by atoms with Crippen LogP contribution in [0.25, 0.3) is 22.4 Å². The molecule has 4 rings (SSSR count). The third-order valence-corrected chi connectivity index (χ3v) is 6.86. The molecule has 4 N–H and O–H groups in total. The van der Waals surface area contributed by atoms with Crippen molar-refractivity contribution < 1.29 is 13.5 Å². The summed E-state index contributed by atoms with van der Waals surface area (Å²) in [5.74, 6) is -0.217. The van der Waals surface area contributed by atoms with E-state index in [9.17, 15) is 13.5 Å². The highest BCUT2D eigenvalue weighted by atomic mass is 35.5. The number of rotatable bonds is 7. The molecule has 1 heterocycles. The SMILES string of the molecule is NC(=NCc1cnc(-c2ccc(CO)cc2)c(-c2ccc(Cl)cc2)c1)NS(=O)(=O)c1ccccc1. The Bertz CT molecular complexity index is 1440.